The summed E-state index contributed by atoms with van der Waals surface area (Å²) >= 11 is 7.98. The van der Waals surface area contributed by atoms with Crippen molar-refractivity contribution in [2.45, 2.75) is 6.54 Å². The van der Waals surface area contributed by atoms with Crippen LogP contribution in [0, 0.1) is 0 Å². The lowest BCUT2D eigenvalue weighted by Gasteiger charge is -2.02. The van der Waals surface area contributed by atoms with Gasteiger partial charge in [0.05, 0.1) is 11.0 Å². The fraction of sp³-hybridized carbons (Fsp3) is 0.111. The van der Waals surface area contributed by atoms with E-state index in [9.17, 15) is 9.59 Å². The molecule has 0 atom stereocenters. The molecule has 0 aromatic carbocycles. The molecule has 1 N–H and O–H groups in total. The van der Waals surface area contributed by atoms with Crippen molar-refractivity contribution in [2.24, 2.45) is 0 Å². The second-order valence-electron chi connectivity index (χ2n) is 3.10. The molecule has 0 aliphatic rings. The molecule has 0 bridgehead atoms. The second kappa shape index (κ2) is 4.68. The van der Waals surface area contributed by atoms with Gasteiger partial charge in [-0.2, -0.15) is 0 Å². The Kier molecular flexibility index (Phi) is 3.46. The van der Waals surface area contributed by atoms with Crippen LogP contribution in [0.2, 0.25) is 0 Å². The molecule has 0 saturated heterocycles. The number of H-pyrrole nitrogens is 1. The highest BCUT2D eigenvalue weighted by Gasteiger charge is 2.04. The highest BCUT2D eigenvalue weighted by atomic mass is 79.9. The van der Waals surface area contributed by atoms with E-state index in [4.69, 9.17) is 0 Å². The number of nitrogens with one attached hydrogen (secondary N) is 1. The van der Waals surface area contributed by atoms with Gasteiger partial charge < -0.3 is 0 Å². The van der Waals surface area contributed by atoms with E-state index in [1.807, 2.05) is 11.4 Å². The molecule has 16 heavy (non-hydrogen) atoms. The summed E-state index contributed by atoms with van der Waals surface area (Å²) in [5.41, 5.74) is -0.814. The van der Waals surface area contributed by atoms with Crippen LogP contribution in [0.4, 0.5) is 0 Å². The van der Waals surface area contributed by atoms with Gasteiger partial charge in [0.15, 0.2) is 0 Å². The number of nitrogens with zero attached hydrogens (tertiary/aromatic N) is 1. The first-order valence-corrected chi connectivity index (χ1v) is 6.75. The van der Waals surface area contributed by atoms with E-state index in [1.54, 1.807) is 11.3 Å². The van der Waals surface area contributed by atoms with Crippen molar-refractivity contribution in [3.63, 3.8) is 0 Å². The van der Waals surface area contributed by atoms with E-state index in [2.05, 4.69) is 36.8 Å². The largest absolute Gasteiger partial charge is 0.328 e. The van der Waals surface area contributed by atoms with Crippen molar-refractivity contribution >= 4 is 43.2 Å². The van der Waals surface area contributed by atoms with Crippen LogP contribution in [0.15, 0.2) is 36.2 Å². The molecule has 0 saturated carbocycles. The maximum atomic E-state index is 11.5. The Labute approximate surface area is 111 Å². The van der Waals surface area contributed by atoms with Gasteiger partial charge in [-0.1, -0.05) is 0 Å². The number of hydrogen-bond donors (Lipinski definition) is 1. The maximum Gasteiger partial charge on any atom is 0.328 e. The van der Waals surface area contributed by atoms with Crippen LogP contribution in [-0.4, -0.2) is 9.55 Å². The standard InChI is InChI=1S/C9H6Br2N2O2S/c10-5-1-6(16-4-5)2-13-3-7(11)8(14)12-9(13)15/h1,3-4H,2H2,(H,12,14,15). The van der Waals surface area contributed by atoms with E-state index >= 15 is 0 Å². The molecule has 84 valence electrons. The molecule has 2 aromatic rings. The molecule has 4 nitrogen and oxygen atoms in total. The zero-order valence-corrected chi connectivity index (χ0v) is 11.9. The van der Waals surface area contributed by atoms with Gasteiger partial charge in [-0.3, -0.25) is 14.3 Å². The Morgan fingerprint density at radius 1 is 1.38 bits per heavy atom. The van der Waals surface area contributed by atoms with Crippen molar-refractivity contribution in [3.8, 4) is 0 Å². The van der Waals surface area contributed by atoms with Gasteiger partial charge in [-0.15, -0.1) is 11.3 Å². The minimum Gasteiger partial charge on any atom is -0.294 e. The van der Waals surface area contributed by atoms with Gasteiger partial charge in [0, 0.05) is 20.9 Å². The SMILES string of the molecule is O=c1[nH]c(=O)n(Cc2cc(Br)cs2)cc1Br. The quantitative estimate of drug-likeness (QED) is 0.886. The normalized spacial score (nSPS) is 10.6. The third-order valence-corrected chi connectivity index (χ3v) is 4.16. The highest BCUT2D eigenvalue weighted by molar-refractivity contribution is 9.10. The molecule has 0 aliphatic heterocycles. The summed E-state index contributed by atoms with van der Waals surface area (Å²) in [6.07, 6.45) is 1.49. The average molecular weight is 366 g/mol. The molecule has 0 unspecified atom stereocenters. The van der Waals surface area contributed by atoms with Crippen LogP contribution in [0.5, 0.6) is 0 Å². The second-order valence-corrected chi connectivity index (χ2v) is 5.86. The van der Waals surface area contributed by atoms with Crippen molar-refractivity contribution in [1.82, 2.24) is 9.55 Å². The lowest BCUT2D eigenvalue weighted by molar-refractivity contribution is 0.724. The molecule has 0 amide bonds. The fourth-order valence-electron chi connectivity index (χ4n) is 1.20. The van der Waals surface area contributed by atoms with Crippen molar-refractivity contribution in [3.05, 3.63) is 52.3 Å². The summed E-state index contributed by atoms with van der Waals surface area (Å²) in [6, 6.07) is 1.94. The van der Waals surface area contributed by atoms with Crippen LogP contribution in [0.3, 0.4) is 0 Å². The summed E-state index contributed by atoms with van der Waals surface area (Å²) in [5.74, 6) is 0. The van der Waals surface area contributed by atoms with Crippen molar-refractivity contribution in [1.29, 1.82) is 0 Å². The number of aromatic amines is 1. The topological polar surface area (TPSA) is 54.9 Å². The Bertz CT molecular complexity index is 629. The van der Waals surface area contributed by atoms with Gasteiger partial charge in [0.2, 0.25) is 0 Å². The maximum absolute atomic E-state index is 11.5. The summed E-state index contributed by atoms with van der Waals surface area (Å²) in [6.45, 7) is 0.449. The molecule has 2 heterocycles. The van der Waals surface area contributed by atoms with Gasteiger partial charge in [0.25, 0.3) is 5.56 Å². The highest BCUT2D eigenvalue weighted by Crippen LogP contribution is 2.20. The molecule has 7 heteroatoms. The zero-order chi connectivity index (χ0) is 11.7. The van der Waals surface area contributed by atoms with E-state index in [0.29, 0.717) is 11.0 Å². The smallest absolute Gasteiger partial charge is 0.294 e. The fourth-order valence-corrected chi connectivity index (χ4v) is 3.00. The van der Waals surface area contributed by atoms with Crippen molar-refractivity contribution in [2.75, 3.05) is 0 Å². The van der Waals surface area contributed by atoms with Gasteiger partial charge in [-0.25, -0.2) is 4.79 Å². The first-order valence-electron chi connectivity index (χ1n) is 4.28. The lowest BCUT2D eigenvalue weighted by atomic mass is 10.4. The van der Waals surface area contributed by atoms with Crippen LogP contribution in [0.1, 0.15) is 4.88 Å². The molecular weight excluding hydrogens is 360 g/mol. The number of rotatable bonds is 2. The monoisotopic (exact) mass is 364 g/mol. The Balaban J connectivity index is 2.39. The third kappa shape index (κ3) is 2.53. The summed E-state index contributed by atoms with van der Waals surface area (Å²) in [5, 5.41) is 1.95. The molecule has 0 aliphatic carbocycles. The number of hydrogen-bond acceptors (Lipinski definition) is 3. The van der Waals surface area contributed by atoms with Crippen molar-refractivity contribution < 1.29 is 0 Å². The minimum atomic E-state index is -0.409. The van der Waals surface area contributed by atoms with E-state index < -0.39 is 11.2 Å². The van der Waals surface area contributed by atoms with Gasteiger partial charge in [0.1, 0.15) is 0 Å². The average Bonchev–Trinajstić information content (AvgIpc) is 2.60. The molecule has 0 spiro atoms. The Hall–Kier alpha value is -0.660. The first kappa shape index (κ1) is 11.8. The summed E-state index contributed by atoms with van der Waals surface area (Å²) in [7, 11) is 0. The van der Waals surface area contributed by atoms with Gasteiger partial charge >= 0.3 is 5.69 Å². The molecular formula is C9H6Br2N2O2S. The lowest BCUT2D eigenvalue weighted by Crippen LogP contribution is -2.29. The molecule has 0 radical (unpaired) electrons. The zero-order valence-electron chi connectivity index (χ0n) is 7.87. The van der Waals surface area contributed by atoms with Crippen LogP contribution in [-0.2, 0) is 6.54 Å². The van der Waals surface area contributed by atoms with E-state index in [-0.39, 0.29) is 0 Å². The van der Waals surface area contributed by atoms with E-state index in [0.717, 1.165) is 9.35 Å². The number of aromatic nitrogens is 2. The number of halogens is 2. The molecule has 0 fully saturated rings. The predicted octanol–water partition coefficient (Wildman–Crippen LogP) is 2.17. The number of thiophene rings is 1. The minimum absolute atomic E-state index is 0.350. The third-order valence-electron chi connectivity index (χ3n) is 1.92. The summed E-state index contributed by atoms with van der Waals surface area (Å²) in [4.78, 5) is 25.9. The van der Waals surface area contributed by atoms with Crippen LogP contribution in [0.25, 0.3) is 0 Å². The van der Waals surface area contributed by atoms with Crippen LogP contribution < -0.4 is 11.2 Å². The molecule has 2 aromatic heterocycles. The van der Waals surface area contributed by atoms with Crippen LogP contribution >= 0.6 is 43.2 Å². The Morgan fingerprint density at radius 2 is 2.12 bits per heavy atom. The first-order chi connectivity index (χ1) is 7.56. The Morgan fingerprint density at radius 3 is 2.75 bits per heavy atom. The van der Waals surface area contributed by atoms with E-state index in [1.165, 1.54) is 10.8 Å². The van der Waals surface area contributed by atoms with Gasteiger partial charge in [-0.05, 0) is 37.9 Å². The summed E-state index contributed by atoms with van der Waals surface area (Å²) < 4.78 is 2.79. The predicted molar refractivity (Wildman–Crippen MR) is 70.1 cm³/mol. The molecule has 2 rings (SSSR count).